The highest BCUT2D eigenvalue weighted by molar-refractivity contribution is 5.36. The van der Waals surface area contributed by atoms with E-state index in [4.69, 9.17) is 11.2 Å². The second-order valence-electron chi connectivity index (χ2n) is 3.28. The Morgan fingerprint density at radius 1 is 1.47 bits per heavy atom. The number of hydrogen-bond donors (Lipinski definition) is 1. The van der Waals surface area contributed by atoms with Crippen molar-refractivity contribution < 1.29 is 4.74 Å². The van der Waals surface area contributed by atoms with Crippen molar-refractivity contribution in [3.63, 3.8) is 0 Å². The van der Waals surface area contributed by atoms with E-state index >= 15 is 0 Å². The lowest BCUT2D eigenvalue weighted by Crippen LogP contribution is -2.16. The van der Waals surface area contributed by atoms with E-state index in [1.807, 2.05) is 25.2 Å². The molecule has 0 heterocycles. The van der Waals surface area contributed by atoms with Gasteiger partial charge in [-0.1, -0.05) is 31.0 Å². The van der Waals surface area contributed by atoms with E-state index in [0.29, 0.717) is 12.6 Å². The van der Waals surface area contributed by atoms with Gasteiger partial charge in [-0.25, -0.2) is 0 Å². The fourth-order valence-electron chi connectivity index (χ4n) is 1.60. The fraction of sp³-hybridized carbons (Fsp3) is 0.385. The Bertz CT molecular complexity index is 337. The molecule has 0 radical (unpaired) electrons. The summed E-state index contributed by atoms with van der Waals surface area (Å²) in [7, 11) is 1.95. The molecule has 1 atom stereocenters. The van der Waals surface area contributed by atoms with Gasteiger partial charge in [0.2, 0.25) is 0 Å². The molecule has 1 aromatic carbocycles. The minimum atomic E-state index is 0.317. The average Bonchev–Trinajstić information content (AvgIpc) is 2.29. The number of rotatable bonds is 5. The van der Waals surface area contributed by atoms with Crippen LogP contribution in [0.4, 0.5) is 0 Å². The molecule has 0 aliphatic rings. The van der Waals surface area contributed by atoms with Crippen LogP contribution >= 0.6 is 0 Å². The summed E-state index contributed by atoms with van der Waals surface area (Å²) in [6, 6.07) is 8.30. The Kier molecular flexibility index (Phi) is 4.73. The molecule has 80 valence electrons. The predicted octanol–water partition coefficient (Wildman–Crippen LogP) is 2.37. The van der Waals surface area contributed by atoms with Gasteiger partial charge in [0.15, 0.2) is 0 Å². The summed E-state index contributed by atoms with van der Waals surface area (Å²) < 4.78 is 5.49. The molecule has 0 saturated heterocycles. The molecular formula is C13H17NO. The summed E-state index contributed by atoms with van der Waals surface area (Å²) >= 11 is 0. The van der Waals surface area contributed by atoms with Gasteiger partial charge in [-0.15, -0.1) is 6.42 Å². The van der Waals surface area contributed by atoms with Crippen LogP contribution in [0.15, 0.2) is 24.3 Å². The second-order valence-corrected chi connectivity index (χ2v) is 3.28. The van der Waals surface area contributed by atoms with Crippen LogP contribution in [0.3, 0.4) is 0 Å². The van der Waals surface area contributed by atoms with E-state index in [1.54, 1.807) is 0 Å². The molecule has 2 heteroatoms. The number of nitrogens with one attached hydrogen (secondary N) is 1. The first-order chi connectivity index (χ1) is 7.33. The Hall–Kier alpha value is -1.46. The first-order valence-electron chi connectivity index (χ1n) is 5.16. The number of ether oxygens (including phenoxy) is 1. The Balaban J connectivity index is 2.90. The topological polar surface area (TPSA) is 21.3 Å². The maximum atomic E-state index is 5.49. The lowest BCUT2D eigenvalue weighted by molar-refractivity contribution is 0.360. The summed E-state index contributed by atoms with van der Waals surface area (Å²) in [4.78, 5) is 0. The zero-order valence-corrected chi connectivity index (χ0v) is 9.29. The van der Waals surface area contributed by atoms with Crippen LogP contribution in [0.5, 0.6) is 5.75 Å². The van der Waals surface area contributed by atoms with Crippen molar-refractivity contribution in [1.82, 2.24) is 5.32 Å². The molecule has 1 N–H and O–H groups in total. The fourth-order valence-corrected chi connectivity index (χ4v) is 1.60. The van der Waals surface area contributed by atoms with Gasteiger partial charge in [-0.3, -0.25) is 0 Å². The first-order valence-corrected chi connectivity index (χ1v) is 5.16. The van der Waals surface area contributed by atoms with Crippen LogP contribution in [-0.2, 0) is 0 Å². The van der Waals surface area contributed by atoms with Crippen LogP contribution in [0.1, 0.15) is 24.9 Å². The minimum Gasteiger partial charge on any atom is -0.481 e. The third kappa shape index (κ3) is 3.00. The van der Waals surface area contributed by atoms with Gasteiger partial charge in [0.25, 0.3) is 0 Å². The normalized spacial score (nSPS) is 11.8. The molecule has 15 heavy (non-hydrogen) atoms. The minimum absolute atomic E-state index is 0.317. The summed E-state index contributed by atoms with van der Waals surface area (Å²) in [6.07, 6.45) is 6.20. The van der Waals surface area contributed by atoms with Gasteiger partial charge < -0.3 is 10.1 Å². The van der Waals surface area contributed by atoms with Crippen molar-refractivity contribution in [1.29, 1.82) is 0 Å². The number of hydrogen-bond acceptors (Lipinski definition) is 2. The van der Waals surface area contributed by atoms with Crippen LogP contribution in [0.2, 0.25) is 0 Å². The Morgan fingerprint density at radius 3 is 2.80 bits per heavy atom. The molecule has 0 aliphatic carbocycles. The van der Waals surface area contributed by atoms with Crippen LogP contribution in [0, 0.1) is 12.3 Å². The molecule has 1 unspecified atom stereocenters. The molecule has 1 rings (SSSR count). The highest BCUT2D eigenvalue weighted by Gasteiger charge is 2.11. The van der Waals surface area contributed by atoms with E-state index < -0.39 is 0 Å². The van der Waals surface area contributed by atoms with Crippen LogP contribution in [-0.4, -0.2) is 13.7 Å². The summed E-state index contributed by atoms with van der Waals surface area (Å²) in [5.41, 5.74) is 1.16. The smallest absolute Gasteiger partial charge is 0.148 e. The van der Waals surface area contributed by atoms with Crippen molar-refractivity contribution >= 4 is 0 Å². The lowest BCUT2D eigenvalue weighted by atomic mass is 10.0. The van der Waals surface area contributed by atoms with Crippen molar-refractivity contribution in [2.45, 2.75) is 19.4 Å². The van der Waals surface area contributed by atoms with Crippen molar-refractivity contribution in [2.24, 2.45) is 0 Å². The average molecular weight is 203 g/mol. The standard InChI is InChI=1S/C13H17NO/c1-4-10-15-13-9-7-6-8-11(13)12(5-2)14-3/h1,6-9,12,14H,5,10H2,2-3H3. The van der Waals surface area contributed by atoms with E-state index in [9.17, 15) is 0 Å². The quantitative estimate of drug-likeness (QED) is 0.742. The van der Waals surface area contributed by atoms with E-state index in [-0.39, 0.29) is 0 Å². The maximum absolute atomic E-state index is 5.49. The van der Waals surface area contributed by atoms with Crippen LogP contribution in [0.25, 0.3) is 0 Å². The third-order valence-electron chi connectivity index (χ3n) is 2.36. The molecule has 0 fully saturated rings. The molecule has 0 amide bonds. The zero-order valence-electron chi connectivity index (χ0n) is 9.29. The molecule has 0 aromatic heterocycles. The second kappa shape index (κ2) is 6.10. The van der Waals surface area contributed by atoms with Crippen LogP contribution < -0.4 is 10.1 Å². The maximum Gasteiger partial charge on any atom is 0.148 e. The van der Waals surface area contributed by atoms with E-state index in [2.05, 4.69) is 24.2 Å². The van der Waals surface area contributed by atoms with Gasteiger partial charge in [0.05, 0.1) is 0 Å². The molecule has 0 aliphatic heterocycles. The monoisotopic (exact) mass is 203 g/mol. The number of terminal acetylenes is 1. The zero-order chi connectivity index (χ0) is 11.1. The van der Waals surface area contributed by atoms with Crippen molar-refractivity contribution in [3.8, 4) is 18.1 Å². The van der Waals surface area contributed by atoms with Gasteiger partial charge in [-0.2, -0.15) is 0 Å². The van der Waals surface area contributed by atoms with Gasteiger partial charge >= 0.3 is 0 Å². The SMILES string of the molecule is C#CCOc1ccccc1C(CC)NC. The Morgan fingerprint density at radius 2 is 2.20 bits per heavy atom. The predicted molar refractivity (Wildman–Crippen MR) is 62.9 cm³/mol. The number of benzene rings is 1. The molecule has 1 aromatic rings. The summed E-state index contributed by atoms with van der Waals surface area (Å²) in [5.74, 6) is 3.35. The Labute approximate surface area is 91.6 Å². The van der Waals surface area contributed by atoms with Crippen molar-refractivity contribution in [2.75, 3.05) is 13.7 Å². The molecule has 0 saturated carbocycles. The van der Waals surface area contributed by atoms with E-state index in [1.165, 1.54) is 0 Å². The molecular weight excluding hydrogens is 186 g/mol. The van der Waals surface area contributed by atoms with Gasteiger partial charge in [-0.05, 0) is 19.5 Å². The summed E-state index contributed by atoms with van der Waals surface area (Å²) in [5, 5.41) is 3.25. The molecule has 0 bridgehead atoms. The third-order valence-corrected chi connectivity index (χ3v) is 2.36. The summed E-state index contributed by atoms with van der Waals surface area (Å²) in [6.45, 7) is 2.45. The van der Waals surface area contributed by atoms with Crippen molar-refractivity contribution in [3.05, 3.63) is 29.8 Å². The van der Waals surface area contributed by atoms with Gasteiger partial charge in [0, 0.05) is 11.6 Å². The lowest BCUT2D eigenvalue weighted by Gasteiger charge is -2.17. The van der Waals surface area contributed by atoms with Gasteiger partial charge in [0.1, 0.15) is 12.4 Å². The highest BCUT2D eigenvalue weighted by Crippen LogP contribution is 2.26. The first kappa shape index (κ1) is 11.6. The largest absolute Gasteiger partial charge is 0.481 e. The number of para-hydroxylation sites is 1. The highest BCUT2D eigenvalue weighted by atomic mass is 16.5. The molecule has 2 nitrogen and oxygen atoms in total. The molecule has 0 spiro atoms. The van der Waals surface area contributed by atoms with E-state index in [0.717, 1.165) is 17.7 Å².